The van der Waals surface area contributed by atoms with Crippen LogP contribution in [0.3, 0.4) is 0 Å². The van der Waals surface area contributed by atoms with Crippen molar-refractivity contribution in [3.63, 3.8) is 0 Å². The Morgan fingerprint density at radius 3 is 2.46 bits per heavy atom. The van der Waals surface area contributed by atoms with Crippen LogP contribution in [0, 0.1) is 18.8 Å². The van der Waals surface area contributed by atoms with E-state index in [2.05, 4.69) is 60.4 Å². The Kier molecular flexibility index (Phi) is 8.69. The lowest BCUT2D eigenvalue weighted by molar-refractivity contribution is -0.123. The summed E-state index contributed by atoms with van der Waals surface area (Å²) in [5, 5.41) is 4.54. The number of carbonyl (C=O) groups excluding carboxylic acids is 1. The summed E-state index contributed by atoms with van der Waals surface area (Å²) >= 11 is 0. The number of carbonyl (C=O) groups is 1. The Bertz CT molecular complexity index is 1250. The van der Waals surface area contributed by atoms with Crippen LogP contribution in [-0.2, 0) is 4.79 Å². The van der Waals surface area contributed by atoms with Gasteiger partial charge >= 0.3 is 0 Å². The third-order valence-electron chi connectivity index (χ3n) is 8.83. The number of methoxy groups -OCH3 is 1. The first-order chi connectivity index (χ1) is 18.9. The van der Waals surface area contributed by atoms with Crippen molar-refractivity contribution in [1.29, 1.82) is 0 Å². The number of anilines is 1. The molecule has 2 fully saturated rings. The molecule has 0 aliphatic heterocycles. The summed E-state index contributed by atoms with van der Waals surface area (Å²) in [5.41, 5.74) is 5.37. The molecule has 0 bridgehead atoms. The van der Waals surface area contributed by atoms with Gasteiger partial charge in [0.15, 0.2) is 0 Å². The summed E-state index contributed by atoms with van der Waals surface area (Å²) in [6.45, 7) is 7.09. The molecule has 0 saturated heterocycles. The van der Waals surface area contributed by atoms with Crippen molar-refractivity contribution in [2.75, 3.05) is 18.6 Å². The minimum absolute atomic E-state index is 0.147. The molecule has 0 atom stereocenters. The maximum atomic E-state index is 14.0. The highest BCUT2D eigenvalue weighted by Gasteiger charge is 2.31. The van der Waals surface area contributed by atoms with Crippen LogP contribution >= 0.6 is 0 Å². The van der Waals surface area contributed by atoms with Gasteiger partial charge in [0.25, 0.3) is 0 Å². The van der Waals surface area contributed by atoms with Gasteiger partial charge in [0, 0.05) is 47.6 Å². The zero-order chi connectivity index (χ0) is 27.4. The summed E-state index contributed by atoms with van der Waals surface area (Å²) in [6.07, 6.45) is 14.1. The van der Waals surface area contributed by atoms with Gasteiger partial charge in [-0.15, -0.1) is 0 Å². The number of benzene rings is 1. The number of aromatic nitrogens is 3. The Hall–Kier alpha value is -3.15. The van der Waals surface area contributed by atoms with Gasteiger partial charge in [0.2, 0.25) is 5.91 Å². The molecule has 1 aromatic carbocycles. The fourth-order valence-electron chi connectivity index (χ4n) is 6.43. The van der Waals surface area contributed by atoms with E-state index in [1.54, 1.807) is 7.11 Å². The Morgan fingerprint density at radius 1 is 1.03 bits per heavy atom. The predicted molar refractivity (Wildman–Crippen MR) is 157 cm³/mol. The minimum Gasteiger partial charge on any atom is -0.495 e. The normalized spacial score (nSPS) is 20.2. The summed E-state index contributed by atoms with van der Waals surface area (Å²) < 4.78 is 7.40. The minimum atomic E-state index is 0.147. The SMILES string of the molecule is COc1ccc([C@H]2CC[C@H](CN(C(=O)C3CCCCC3)c3cccc(-c4cnn(C(C)C)c4)c3)CC2)nc1C. The van der Waals surface area contributed by atoms with Gasteiger partial charge in [-0.25, -0.2) is 0 Å². The van der Waals surface area contributed by atoms with Crippen LogP contribution in [0.4, 0.5) is 5.69 Å². The first kappa shape index (κ1) is 27.4. The summed E-state index contributed by atoms with van der Waals surface area (Å²) in [7, 11) is 1.70. The number of rotatable bonds is 8. The van der Waals surface area contributed by atoms with Crippen molar-refractivity contribution < 1.29 is 9.53 Å². The number of hydrogen-bond acceptors (Lipinski definition) is 4. The highest BCUT2D eigenvalue weighted by Crippen LogP contribution is 2.38. The molecule has 208 valence electrons. The lowest BCUT2D eigenvalue weighted by atomic mass is 9.79. The maximum absolute atomic E-state index is 14.0. The van der Waals surface area contributed by atoms with Crippen LogP contribution in [0.2, 0.25) is 0 Å². The molecule has 6 heteroatoms. The Morgan fingerprint density at radius 2 is 1.79 bits per heavy atom. The number of ether oxygens (including phenoxy) is 1. The first-order valence-corrected chi connectivity index (χ1v) is 14.9. The molecule has 1 amide bonds. The molecule has 0 spiro atoms. The van der Waals surface area contributed by atoms with Crippen LogP contribution in [0.5, 0.6) is 5.75 Å². The van der Waals surface area contributed by atoms with Gasteiger partial charge in [-0.3, -0.25) is 14.5 Å². The van der Waals surface area contributed by atoms with Gasteiger partial charge in [-0.05, 0) is 95.0 Å². The predicted octanol–water partition coefficient (Wildman–Crippen LogP) is 7.73. The van der Waals surface area contributed by atoms with Crippen molar-refractivity contribution >= 4 is 11.6 Å². The first-order valence-electron chi connectivity index (χ1n) is 14.9. The van der Waals surface area contributed by atoms with Gasteiger partial charge in [-0.1, -0.05) is 31.4 Å². The largest absolute Gasteiger partial charge is 0.495 e. The van der Waals surface area contributed by atoms with E-state index in [1.807, 2.05) is 23.9 Å². The summed E-state index contributed by atoms with van der Waals surface area (Å²) in [5.74, 6) is 2.30. The van der Waals surface area contributed by atoms with Crippen LogP contribution in [-0.4, -0.2) is 34.3 Å². The molecule has 5 rings (SSSR count). The topological polar surface area (TPSA) is 60.2 Å². The van der Waals surface area contributed by atoms with E-state index in [4.69, 9.17) is 9.72 Å². The van der Waals surface area contributed by atoms with Crippen LogP contribution < -0.4 is 9.64 Å². The number of pyridine rings is 1. The second-order valence-corrected chi connectivity index (χ2v) is 11.9. The zero-order valence-corrected chi connectivity index (χ0v) is 24.1. The molecule has 0 unspecified atom stereocenters. The number of amides is 1. The third-order valence-corrected chi connectivity index (χ3v) is 8.83. The van der Waals surface area contributed by atoms with Crippen LogP contribution in [0.25, 0.3) is 11.1 Å². The fourth-order valence-corrected chi connectivity index (χ4v) is 6.43. The molecular weight excluding hydrogens is 484 g/mol. The standard InChI is InChI=1S/C33H44N4O2/c1-23(2)37-22-29(20-34-37)28-11-8-12-30(19-28)36(33(38)27-9-6-5-7-10-27)21-25-13-15-26(16-14-25)31-17-18-32(39-4)24(3)35-31/h8,11-12,17-20,22-23,25-27H,5-7,9-10,13-16,21H2,1-4H3/t25-,26-. The van der Waals surface area contributed by atoms with Crippen LogP contribution in [0.1, 0.15) is 95.0 Å². The maximum Gasteiger partial charge on any atom is 0.230 e. The van der Waals surface area contributed by atoms with E-state index in [1.165, 1.54) is 12.1 Å². The molecule has 2 aliphatic carbocycles. The quantitative estimate of drug-likeness (QED) is 0.300. The monoisotopic (exact) mass is 528 g/mol. The molecule has 3 aromatic rings. The number of hydrogen-bond donors (Lipinski definition) is 0. The molecule has 2 saturated carbocycles. The number of nitrogens with zero attached hydrogens (tertiary/aromatic N) is 4. The molecule has 6 nitrogen and oxygen atoms in total. The van der Waals surface area contributed by atoms with Crippen molar-refractivity contribution in [3.8, 4) is 16.9 Å². The van der Waals surface area contributed by atoms with E-state index in [-0.39, 0.29) is 5.92 Å². The Labute approximate surface area is 233 Å². The molecule has 2 aliphatic rings. The van der Waals surface area contributed by atoms with Crippen molar-refractivity contribution in [3.05, 3.63) is 60.2 Å². The van der Waals surface area contributed by atoms with E-state index >= 15 is 0 Å². The van der Waals surface area contributed by atoms with Crippen LogP contribution in [0.15, 0.2) is 48.8 Å². The number of aryl methyl sites for hydroxylation is 1. The molecular formula is C33H44N4O2. The van der Waals surface area contributed by atoms with Crippen molar-refractivity contribution in [2.24, 2.45) is 11.8 Å². The molecule has 0 radical (unpaired) electrons. The van der Waals surface area contributed by atoms with Gasteiger partial charge in [0.05, 0.1) is 19.0 Å². The molecule has 2 heterocycles. The molecule has 2 aromatic heterocycles. The average Bonchev–Trinajstić information content (AvgIpc) is 3.48. The van der Waals surface area contributed by atoms with Gasteiger partial charge < -0.3 is 9.64 Å². The smallest absolute Gasteiger partial charge is 0.230 e. The summed E-state index contributed by atoms with van der Waals surface area (Å²) in [4.78, 5) is 21.0. The van der Waals surface area contributed by atoms with Crippen molar-refractivity contribution in [1.82, 2.24) is 14.8 Å². The lowest BCUT2D eigenvalue weighted by Gasteiger charge is -2.35. The fraction of sp³-hybridized carbons (Fsp3) is 0.545. The second-order valence-electron chi connectivity index (χ2n) is 11.9. The molecule has 39 heavy (non-hydrogen) atoms. The highest BCUT2D eigenvalue weighted by molar-refractivity contribution is 5.95. The van der Waals surface area contributed by atoms with E-state index in [0.29, 0.717) is 23.8 Å². The van der Waals surface area contributed by atoms with Gasteiger partial charge in [0.1, 0.15) is 5.75 Å². The second kappa shape index (κ2) is 12.4. The lowest BCUT2D eigenvalue weighted by Crippen LogP contribution is -2.41. The van der Waals surface area contributed by atoms with E-state index in [9.17, 15) is 4.79 Å². The average molecular weight is 529 g/mol. The third kappa shape index (κ3) is 6.37. The molecule has 0 N–H and O–H groups in total. The zero-order valence-electron chi connectivity index (χ0n) is 24.1. The van der Waals surface area contributed by atoms with E-state index in [0.717, 1.165) is 86.2 Å². The summed E-state index contributed by atoms with van der Waals surface area (Å²) in [6, 6.07) is 13.0. The Balaban J connectivity index is 1.33. The van der Waals surface area contributed by atoms with E-state index < -0.39 is 0 Å². The van der Waals surface area contributed by atoms with Crippen molar-refractivity contribution in [2.45, 2.75) is 90.5 Å². The van der Waals surface area contributed by atoms with Gasteiger partial charge in [-0.2, -0.15) is 5.10 Å². The highest BCUT2D eigenvalue weighted by atomic mass is 16.5.